The van der Waals surface area contributed by atoms with Gasteiger partial charge in [0, 0.05) is 5.69 Å². The molecule has 0 unspecified atom stereocenters. The average Bonchev–Trinajstić information content (AvgIpc) is 2.75. The Hall–Kier alpha value is -2.49. The van der Waals surface area contributed by atoms with Crippen LogP contribution < -0.4 is 10.5 Å². The number of anilines is 1. The highest BCUT2D eigenvalue weighted by Gasteiger charge is 2.08. The molecule has 0 fully saturated rings. The van der Waals surface area contributed by atoms with E-state index in [2.05, 4.69) is 4.98 Å². The van der Waals surface area contributed by atoms with Crippen molar-refractivity contribution in [2.45, 2.75) is 0 Å². The highest BCUT2D eigenvalue weighted by molar-refractivity contribution is 5.80. The van der Waals surface area contributed by atoms with Crippen molar-refractivity contribution >= 4 is 17.0 Å². The molecule has 0 amide bonds. The minimum absolute atomic E-state index is 0.487. The van der Waals surface area contributed by atoms with Crippen LogP contribution >= 0.6 is 0 Å². The largest absolute Gasteiger partial charge is 0.497 e. The van der Waals surface area contributed by atoms with Crippen LogP contribution in [0.5, 0.6) is 5.75 Å². The molecule has 0 saturated carbocycles. The zero-order valence-electron chi connectivity index (χ0n) is 10.00. The van der Waals surface area contributed by atoms with Gasteiger partial charge in [-0.1, -0.05) is 12.1 Å². The van der Waals surface area contributed by atoms with Crippen LogP contribution in [0.3, 0.4) is 0 Å². The van der Waals surface area contributed by atoms with Gasteiger partial charge in [0.1, 0.15) is 5.75 Å². The van der Waals surface area contributed by atoms with Gasteiger partial charge in [-0.15, -0.1) is 0 Å². The summed E-state index contributed by atoms with van der Waals surface area (Å²) in [4.78, 5) is 4.34. The standard InChI is InChI=1S/C14H13N3O/c1-18-11-8-6-10(7-9-11)17-13-5-3-2-4-12(13)16-14(17)15/h2-9H,1H3,(H2,15,16). The highest BCUT2D eigenvalue weighted by atomic mass is 16.5. The van der Waals surface area contributed by atoms with Crippen LogP contribution in [0.15, 0.2) is 48.5 Å². The molecule has 3 aromatic rings. The number of para-hydroxylation sites is 2. The zero-order valence-corrected chi connectivity index (χ0v) is 10.00. The van der Waals surface area contributed by atoms with Gasteiger partial charge in [0.05, 0.1) is 18.1 Å². The second-order valence-electron chi connectivity index (χ2n) is 3.99. The number of hydrogen-bond donors (Lipinski definition) is 1. The summed E-state index contributed by atoms with van der Waals surface area (Å²) in [5.41, 5.74) is 8.85. The van der Waals surface area contributed by atoms with Gasteiger partial charge in [-0.3, -0.25) is 4.57 Å². The first-order valence-electron chi connectivity index (χ1n) is 5.67. The number of ether oxygens (including phenoxy) is 1. The van der Waals surface area contributed by atoms with Gasteiger partial charge < -0.3 is 10.5 Å². The Morgan fingerprint density at radius 1 is 1.06 bits per heavy atom. The minimum atomic E-state index is 0.487. The third-order valence-electron chi connectivity index (χ3n) is 2.92. The molecule has 4 heteroatoms. The number of nitrogens with two attached hydrogens (primary N) is 1. The molecule has 0 bridgehead atoms. The van der Waals surface area contributed by atoms with Crippen LogP contribution in [-0.2, 0) is 0 Å². The minimum Gasteiger partial charge on any atom is -0.497 e. The van der Waals surface area contributed by atoms with E-state index in [0.717, 1.165) is 22.5 Å². The van der Waals surface area contributed by atoms with E-state index in [1.54, 1.807) is 7.11 Å². The Bertz CT molecular complexity index is 686. The molecule has 2 aromatic carbocycles. The molecule has 0 aliphatic heterocycles. The lowest BCUT2D eigenvalue weighted by molar-refractivity contribution is 0.415. The molecule has 1 aromatic heterocycles. The van der Waals surface area contributed by atoms with E-state index in [-0.39, 0.29) is 0 Å². The van der Waals surface area contributed by atoms with Crippen molar-refractivity contribution in [2.24, 2.45) is 0 Å². The number of rotatable bonds is 2. The molecule has 1 heterocycles. The van der Waals surface area contributed by atoms with E-state index in [9.17, 15) is 0 Å². The van der Waals surface area contributed by atoms with Crippen LogP contribution in [0, 0.1) is 0 Å². The number of nitrogens with zero attached hydrogens (tertiary/aromatic N) is 2. The quantitative estimate of drug-likeness (QED) is 0.748. The van der Waals surface area contributed by atoms with Crippen molar-refractivity contribution in [2.75, 3.05) is 12.8 Å². The molecule has 0 radical (unpaired) electrons. The average molecular weight is 239 g/mol. The van der Waals surface area contributed by atoms with E-state index in [1.807, 2.05) is 53.1 Å². The van der Waals surface area contributed by atoms with Crippen molar-refractivity contribution in [3.8, 4) is 11.4 Å². The van der Waals surface area contributed by atoms with E-state index in [1.165, 1.54) is 0 Å². The first-order chi connectivity index (χ1) is 8.79. The summed E-state index contributed by atoms with van der Waals surface area (Å²) in [5.74, 6) is 1.31. The van der Waals surface area contributed by atoms with Crippen LogP contribution in [0.4, 0.5) is 5.95 Å². The highest BCUT2D eigenvalue weighted by Crippen LogP contribution is 2.24. The van der Waals surface area contributed by atoms with Crippen molar-refractivity contribution in [3.63, 3.8) is 0 Å². The van der Waals surface area contributed by atoms with Crippen molar-refractivity contribution in [3.05, 3.63) is 48.5 Å². The number of benzene rings is 2. The summed E-state index contributed by atoms with van der Waals surface area (Å²) in [6.07, 6.45) is 0. The molecular formula is C14H13N3O. The molecule has 0 aliphatic carbocycles. The van der Waals surface area contributed by atoms with Gasteiger partial charge in [-0.2, -0.15) is 0 Å². The Morgan fingerprint density at radius 2 is 1.78 bits per heavy atom. The van der Waals surface area contributed by atoms with E-state index < -0.39 is 0 Å². The molecular weight excluding hydrogens is 226 g/mol. The molecule has 18 heavy (non-hydrogen) atoms. The molecule has 0 spiro atoms. The molecule has 0 aliphatic rings. The van der Waals surface area contributed by atoms with E-state index in [0.29, 0.717) is 5.95 Å². The molecule has 90 valence electrons. The summed E-state index contributed by atoms with van der Waals surface area (Å²) in [7, 11) is 1.65. The van der Waals surface area contributed by atoms with Crippen LogP contribution in [0.2, 0.25) is 0 Å². The van der Waals surface area contributed by atoms with Gasteiger partial charge in [-0.05, 0) is 36.4 Å². The Kier molecular flexibility index (Phi) is 2.41. The summed E-state index contributed by atoms with van der Waals surface area (Å²) in [5, 5.41) is 0. The number of hydrogen-bond acceptors (Lipinski definition) is 3. The number of methoxy groups -OCH3 is 1. The van der Waals surface area contributed by atoms with Crippen LogP contribution in [0.1, 0.15) is 0 Å². The SMILES string of the molecule is COc1ccc(-n2c(N)nc3ccccc32)cc1. The van der Waals surface area contributed by atoms with Crippen molar-refractivity contribution < 1.29 is 4.74 Å². The van der Waals surface area contributed by atoms with Crippen molar-refractivity contribution in [1.29, 1.82) is 0 Å². The monoisotopic (exact) mass is 239 g/mol. The third kappa shape index (κ3) is 1.59. The topological polar surface area (TPSA) is 53.1 Å². The first-order valence-corrected chi connectivity index (χ1v) is 5.67. The predicted molar refractivity (Wildman–Crippen MR) is 72.0 cm³/mol. The second kappa shape index (κ2) is 4.07. The Balaban J connectivity index is 2.20. The van der Waals surface area contributed by atoms with E-state index >= 15 is 0 Å². The number of fused-ring (bicyclic) bond motifs is 1. The fourth-order valence-electron chi connectivity index (χ4n) is 2.05. The second-order valence-corrected chi connectivity index (χ2v) is 3.99. The van der Waals surface area contributed by atoms with E-state index in [4.69, 9.17) is 10.5 Å². The van der Waals surface area contributed by atoms with Crippen molar-refractivity contribution in [1.82, 2.24) is 9.55 Å². The van der Waals surface area contributed by atoms with Gasteiger partial charge in [0.15, 0.2) is 0 Å². The summed E-state index contributed by atoms with van der Waals surface area (Å²) >= 11 is 0. The van der Waals surface area contributed by atoms with Crippen LogP contribution in [-0.4, -0.2) is 16.7 Å². The summed E-state index contributed by atoms with van der Waals surface area (Å²) < 4.78 is 7.07. The van der Waals surface area contributed by atoms with Crippen LogP contribution in [0.25, 0.3) is 16.7 Å². The first kappa shape index (κ1) is 10.7. The lowest BCUT2D eigenvalue weighted by Crippen LogP contribution is -2.00. The van der Waals surface area contributed by atoms with Gasteiger partial charge in [0.25, 0.3) is 0 Å². The van der Waals surface area contributed by atoms with Gasteiger partial charge in [0.2, 0.25) is 5.95 Å². The maximum Gasteiger partial charge on any atom is 0.205 e. The number of nitrogen functional groups attached to an aromatic ring is 1. The third-order valence-corrected chi connectivity index (χ3v) is 2.92. The smallest absolute Gasteiger partial charge is 0.205 e. The molecule has 0 saturated heterocycles. The maximum absolute atomic E-state index is 5.98. The van der Waals surface area contributed by atoms with Gasteiger partial charge in [-0.25, -0.2) is 4.98 Å². The fraction of sp³-hybridized carbons (Fsp3) is 0.0714. The predicted octanol–water partition coefficient (Wildman–Crippen LogP) is 2.62. The normalized spacial score (nSPS) is 10.7. The Morgan fingerprint density at radius 3 is 2.50 bits per heavy atom. The maximum atomic E-state index is 5.98. The summed E-state index contributed by atoms with van der Waals surface area (Å²) in [6.45, 7) is 0. The number of imidazole rings is 1. The molecule has 4 nitrogen and oxygen atoms in total. The molecule has 0 atom stereocenters. The lowest BCUT2D eigenvalue weighted by atomic mass is 10.2. The lowest BCUT2D eigenvalue weighted by Gasteiger charge is -2.07. The summed E-state index contributed by atoms with van der Waals surface area (Å²) in [6, 6.07) is 15.6. The molecule has 3 rings (SSSR count). The van der Waals surface area contributed by atoms with Gasteiger partial charge >= 0.3 is 0 Å². The fourth-order valence-corrected chi connectivity index (χ4v) is 2.05. The Labute approximate surface area is 105 Å². The number of aromatic nitrogens is 2. The zero-order chi connectivity index (χ0) is 12.5. The molecule has 2 N–H and O–H groups in total.